The summed E-state index contributed by atoms with van der Waals surface area (Å²) in [6.45, 7) is 1.36. The predicted octanol–water partition coefficient (Wildman–Crippen LogP) is 3.83. The number of hydrogen-bond donors (Lipinski definition) is 3. The molecule has 1 aliphatic heterocycles. The van der Waals surface area contributed by atoms with Gasteiger partial charge >= 0.3 is 0 Å². The minimum absolute atomic E-state index is 0.142. The Labute approximate surface area is 224 Å². The van der Waals surface area contributed by atoms with Crippen molar-refractivity contribution in [3.8, 4) is 0 Å². The normalized spacial score (nSPS) is 18.0. The number of nitrogens with two attached hydrogens (primary N) is 2. The lowest BCUT2D eigenvalue weighted by Gasteiger charge is -2.27. The maximum atomic E-state index is 13.5. The molecule has 1 aliphatic rings. The van der Waals surface area contributed by atoms with Crippen molar-refractivity contribution in [3.63, 3.8) is 0 Å². The van der Waals surface area contributed by atoms with Gasteiger partial charge in [-0.05, 0) is 66.0 Å². The number of nitrogens with one attached hydrogen (secondary N) is 1. The lowest BCUT2D eigenvalue weighted by molar-refractivity contribution is -0.139. The van der Waals surface area contributed by atoms with Crippen LogP contribution in [0.2, 0.25) is 5.02 Å². The van der Waals surface area contributed by atoms with Crippen molar-refractivity contribution >= 4 is 23.4 Å². The van der Waals surface area contributed by atoms with Crippen LogP contribution >= 0.6 is 11.6 Å². The summed E-state index contributed by atoms with van der Waals surface area (Å²) in [7, 11) is 0. The van der Waals surface area contributed by atoms with Gasteiger partial charge in [0.05, 0.1) is 6.04 Å². The zero-order chi connectivity index (χ0) is 26.2. The molecule has 37 heavy (non-hydrogen) atoms. The molecule has 0 aromatic heterocycles. The molecule has 7 heteroatoms. The molecular weight excluding hydrogens is 484 g/mol. The highest BCUT2D eigenvalue weighted by molar-refractivity contribution is 6.30. The summed E-state index contributed by atoms with van der Waals surface area (Å²) in [6.07, 6.45) is 2.57. The van der Waals surface area contributed by atoms with Crippen molar-refractivity contribution in [3.05, 3.63) is 106 Å². The van der Waals surface area contributed by atoms with Crippen LogP contribution in [0.1, 0.15) is 35.1 Å². The summed E-state index contributed by atoms with van der Waals surface area (Å²) >= 11 is 6.18. The second-order valence-corrected chi connectivity index (χ2v) is 10.2. The van der Waals surface area contributed by atoms with Crippen molar-refractivity contribution in [2.45, 2.75) is 50.9 Å². The monoisotopic (exact) mass is 518 g/mol. The second-order valence-electron chi connectivity index (χ2n) is 9.81. The Morgan fingerprint density at radius 2 is 1.65 bits per heavy atom. The molecule has 0 bridgehead atoms. The van der Waals surface area contributed by atoms with Gasteiger partial charge in [-0.15, -0.1) is 0 Å². The number of rotatable bonds is 10. The molecule has 3 aromatic rings. The molecule has 3 aromatic carbocycles. The van der Waals surface area contributed by atoms with Gasteiger partial charge in [-0.25, -0.2) is 0 Å². The minimum atomic E-state index is -0.663. The first-order valence-corrected chi connectivity index (χ1v) is 13.2. The standard InChI is InChI=1S/C30H35ClN4O2/c31-26-8-4-7-24(16-26)15-25-17-28(29(36)34-19-23-11-9-22(18-32)10-12-23)35(20-25)30(37)27(33)14-13-21-5-2-1-3-6-21/h1-12,16,25,27-28H,13-15,17-20,32-33H2,(H,34,36). The molecule has 0 aliphatic carbocycles. The molecule has 1 fully saturated rings. The summed E-state index contributed by atoms with van der Waals surface area (Å²) in [5, 5.41) is 3.71. The Morgan fingerprint density at radius 1 is 0.946 bits per heavy atom. The summed E-state index contributed by atoms with van der Waals surface area (Å²) in [5.41, 5.74) is 16.3. The van der Waals surface area contributed by atoms with E-state index >= 15 is 0 Å². The van der Waals surface area contributed by atoms with E-state index in [1.165, 1.54) is 0 Å². The summed E-state index contributed by atoms with van der Waals surface area (Å²) in [6, 6.07) is 24.4. The van der Waals surface area contributed by atoms with E-state index in [2.05, 4.69) is 5.32 Å². The summed E-state index contributed by atoms with van der Waals surface area (Å²) < 4.78 is 0. The first-order chi connectivity index (χ1) is 17.9. The molecule has 4 rings (SSSR count). The third-order valence-corrected chi connectivity index (χ3v) is 7.25. The third kappa shape index (κ3) is 7.41. The molecule has 0 radical (unpaired) electrons. The number of hydrogen-bond acceptors (Lipinski definition) is 4. The topological polar surface area (TPSA) is 101 Å². The first-order valence-electron chi connectivity index (χ1n) is 12.8. The van der Waals surface area contributed by atoms with Gasteiger partial charge in [0.2, 0.25) is 11.8 Å². The Kier molecular flexibility index (Phi) is 9.34. The van der Waals surface area contributed by atoms with E-state index in [0.29, 0.717) is 43.9 Å². The van der Waals surface area contributed by atoms with Crippen LogP contribution in [-0.2, 0) is 35.5 Å². The van der Waals surface area contributed by atoms with Crippen LogP contribution in [0.25, 0.3) is 0 Å². The molecule has 0 saturated carbocycles. The fraction of sp³-hybridized carbons (Fsp3) is 0.333. The van der Waals surface area contributed by atoms with Gasteiger partial charge in [-0.1, -0.05) is 78.3 Å². The zero-order valence-electron chi connectivity index (χ0n) is 21.0. The van der Waals surface area contributed by atoms with Crippen molar-refractivity contribution in [2.24, 2.45) is 17.4 Å². The van der Waals surface area contributed by atoms with Crippen LogP contribution in [0.5, 0.6) is 0 Å². The Morgan fingerprint density at radius 3 is 2.35 bits per heavy atom. The third-order valence-electron chi connectivity index (χ3n) is 7.02. The van der Waals surface area contributed by atoms with Gasteiger partial charge in [0.15, 0.2) is 0 Å². The number of nitrogens with zero attached hydrogens (tertiary/aromatic N) is 1. The van der Waals surface area contributed by atoms with Crippen molar-refractivity contribution in [1.82, 2.24) is 10.2 Å². The Balaban J connectivity index is 1.43. The van der Waals surface area contributed by atoms with Crippen LogP contribution in [0.4, 0.5) is 0 Å². The van der Waals surface area contributed by atoms with Crippen LogP contribution in [-0.4, -0.2) is 35.3 Å². The van der Waals surface area contributed by atoms with Gasteiger partial charge in [-0.3, -0.25) is 9.59 Å². The number of likely N-dealkylation sites (tertiary alicyclic amines) is 1. The maximum absolute atomic E-state index is 13.5. The number of carbonyl (C=O) groups is 2. The fourth-order valence-corrected chi connectivity index (χ4v) is 5.18. The van der Waals surface area contributed by atoms with E-state index in [-0.39, 0.29) is 17.7 Å². The first kappa shape index (κ1) is 26.9. The summed E-state index contributed by atoms with van der Waals surface area (Å²) in [4.78, 5) is 28.5. The van der Waals surface area contributed by atoms with Gasteiger partial charge < -0.3 is 21.7 Å². The second kappa shape index (κ2) is 12.9. The molecule has 194 valence electrons. The van der Waals surface area contributed by atoms with Gasteiger partial charge in [-0.2, -0.15) is 0 Å². The van der Waals surface area contributed by atoms with Gasteiger partial charge in [0, 0.05) is 24.7 Å². The Bertz CT molecular complexity index is 1190. The highest BCUT2D eigenvalue weighted by Crippen LogP contribution is 2.28. The average molecular weight is 519 g/mol. The largest absolute Gasteiger partial charge is 0.350 e. The van der Waals surface area contributed by atoms with E-state index in [9.17, 15) is 9.59 Å². The number of benzene rings is 3. The highest BCUT2D eigenvalue weighted by Gasteiger charge is 2.40. The van der Waals surface area contributed by atoms with E-state index in [0.717, 1.165) is 28.7 Å². The maximum Gasteiger partial charge on any atom is 0.243 e. The van der Waals surface area contributed by atoms with E-state index in [1.807, 2.05) is 78.9 Å². The number of halogens is 1. The minimum Gasteiger partial charge on any atom is -0.350 e. The van der Waals surface area contributed by atoms with E-state index in [4.69, 9.17) is 23.1 Å². The zero-order valence-corrected chi connectivity index (χ0v) is 21.7. The molecule has 0 spiro atoms. The number of aryl methyl sites for hydroxylation is 1. The molecule has 3 atom stereocenters. The SMILES string of the molecule is NCc1ccc(CNC(=O)C2CC(Cc3cccc(Cl)c3)CN2C(=O)C(N)CCc2ccccc2)cc1. The fourth-order valence-electron chi connectivity index (χ4n) is 4.96. The molecular formula is C30H35ClN4O2. The lowest BCUT2D eigenvalue weighted by Crippen LogP contribution is -2.51. The highest BCUT2D eigenvalue weighted by atomic mass is 35.5. The van der Waals surface area contributed by atoms with Crippen LogP contribution in [0.3, 0.4) is 0 Å². The smallest absolute Gasteiger partial charge is 0.243 e. The van der Waals surface area contributed by atoms with Crippen molar-refractivity contribution < 1.29 is 9.59 Å². The van der Waals surface area contributed by atoms with Gasteiger partial charge in [0.25, 0.3) is 0 Å². The number of carbonyl (C=O) groups excluding carboxylic acids is 2. The predicted molar refractivity (Wildman–Crippen MR) is 148 cm³/mol. The molecule has 6 nitrogen and oxygen atoms in total. The van der Waals surface area contributed by atoms with Crippen molar-refractivity contribution in [1.29, 1.82) is 0 Å². The number of amides is 2. The Hall–Kier alpha value is -3.19. The molecule has 1 saturated heterocycles. The van der Waals surface area contributed by atoms with Crippen molar-refractivity contribution in [2.75, 3.05) is 6.54 Å². The van der Waals surface area contributed by atoms with Crippen LogP contribution in [0.15, 0.2) is 78.9 Å². The molecule has 5 N–H and O–H groups in total. The molecule has 3 unspecified atom stereocenters. The lowest BCUT2D eigenvalue weighted by atomic mass is 9.96. The van der Waals surface area contributed by atoms with Gasteiger partial charge in [0.1, 0.15) is 6.04 Å². The molecule has 1 heterocycles. The van der Waals surface area contributed by atoms with Crippen LogP contribution in [0, 0.1) is 5.92 Å². The quantitative estimate of drug-likeness (QED) is 0.379. The van der Waals surface area contributed by atoms with Crippen LogP contribution < -0.4 is 16.8 Å². The van der Waals surface area contributed by atoms with E-state index in [1.54, 1.807) is 4.90 Å². The van der Waals surface area contributed by atoms with E-state index < -0.39 is 12.1 Å². The molecule has 2 amide bonds. The average Bonchev–Trinajstić information content (AvgIpc) is 3.34. The summed E-state index contributed by atoms with van der Waals surface area (Å²) in [5.74, 6) is -0.180.